The van der Waals surface area contributed by atoms with E-state index in [4.69, 9.17) is 0 Å². The van der Waals surface area contributed by atoms with Gasteiger partial charge >= 0.3 is 0 Å². The van der Waals surface area contributed by atoms with Crippen molar-refractivity contribution in [3.05, 3.63) is 84.7 Å². The molecule has 1 heterocycles. The van der Waals surface area contributed by atoms with Gasteiger partial charge in [-0.25, -0.2) is 4.98 Å². The van der Waals surface area contributed by atoms with Crippen LogP contribution in [0.15, 0.2) is 79.1 Å². The minimum absolute atomic E-state index is 1.02. The van der Waals surface area contributed by atoms with Gasteiger partial charge < -0.3 is 0 Å². The molecule has 4 aromatic rings. The lowest BCUT2D eigenvalue weighted by Crippen LogP contribution is -1.92. The molecule has 22 heavy (non-hydrogen) atoms. The summed E-state index contributed by atoms with van der Waals surface area (Å²) >= 11 is 0. The lowest BCUT2D eigenvalue weighted by atomic mass is 10.0. The van der Waals surface area contributed by atoms with Gasteiger partial charge in [-0.05, 0) is 42.3 Å². The third-order valence-corrected chi connectivity index (χ3v) is 3.96. The molecule has 0 amide bonds. The monoisotopic (exact) mass is 284 g/mol. The number of imidazole rings is 1. The normalized spacial score (nSPS) is 11.0. The van der Waals surface area contributed by atoms with Crippen LogP contribution in [-0.4, -0.2) is 9.55 Å². The van der Waals surface area contributed by atoms with Crippen LogP contribution in [-0.2, 0) is 0 Å². The van der Waals surface area contributed by atoms with E-state index in [1.54, 1.807) is 0 Å². The minimum atomic E-state index is 1.02. The SMILES string of the molecule is Cc1ccc(-c2cccc(-n3cnc4ccccc43)c2)cc1. The molecule has 0 bridgehead atoms. The highest BCUT2D eigenvalue weighted by molar-refractivity contribution is 5.78. The van der Waals surface area contributed by atoms with Crippen LogP contribution >= 0.6 is 0 Å². The number of hydrogen-bond acceptors (Lipinski definition) is 1. The second-order valence-corrected chi connectivity index (χ2v) is 5.52. The number of nitrogens with zero attached hydrogens (tertiary/aromatic N) is 2. The van der Waals surface area contributed by atoms with Crippen molar-refractivity contribution in [2.24, 2.45) is 0 Å². The number of benzene rings is 3. The van der Waals surface area contributed by atoms with Gasteiger partial charge in [0.2, 0.25) is 0 Å². The molecule has 0 saturated heterocycles. The maximum atomic E-state index is 4.47. The third kappa shape index (κ3) is 2.19. The zero-order chi connectivity index (χ0) is 14.9. The summed E-state index contributed by atoms with van der Waals surface area (Å²) in [6.45, 7) is 2.11. The van der Waals surface area contributed by atoms with E-state index >= 15 is 0 Å². The first-order valence-corrected chi connectivity index (χ1v) is 7.41. The molecule has 3 aromatic carbocycles. The molecule has 0 fully saturated rings. The summed E-state index contributed by atoms with van der Waals surface area (Å²) in [7, 11) is 0. The van der Waals surface area contributed by atoms with Crippen LogP contribution in [0.5, 0.6) is 0 Å². The molecule has 2 nitrogen and oxygen atoms in total. The summed E-state index contributed by atoms with van der Waals surface area (Å²) < 4.78 is 2.13. The first-order chi connectivity index (χ1) is 10.8. The van der Waals surface area contributed by atoms with Crippen molar-refractivity contribution < 1.29 is 0 Å². The number of hydrogen-bond donors (Lipinski definition) is 0. The van der Waals surface area contributed by atoms with E-state index in [9.17, 15) is 0 Å². The highest BCUT2D eigenvalue weighted by Crippen LogP contribution is 2.24. The first kappa shape index (κ1) is 12.8. The van der Waals surface area contributed by atoms with Crippen LogP contribution in [0.4, 0.5) is 0 Å². The summed E-state index contributed by atoms with van der Waals surface area (Å²) in [6.07, 6.45) is 1.89. The second-order valence-electron chi connectivity index (χ2n) is 5.52. The summed E-state index contributed by atoms with van der Waals surface area (Å²) in [4.78, 5) is 4.47. The molecule has 0 N–H and O–H groups in total. The van der Waals surface area contributed by atoms with E-state index in [0.29, 0.717) is 0 Å². The van der Waals surface area contributed by atoms with E-state index in [1.807, 2.05) is 24.5 Å². The third-order valence-electron chi connectivity index (χ3n) is 3.96. The van der Waals surface area contributed by atoms with Crippen molar-refractivity contribution in [3.63, 3.8) is 0 Å². The Kier molecular flexibility index (Phi) is 3.01. The molecule has 106 valence electrons. The Morgan fingerprint density at radius 1 is 0.773 bits per heavy atom. The fourth-order valence-electron chi connectivity index (χ4n) is 2.75. The van der Waals surface area contributed by atoms with Gasteiger partial charge in [-0.2, -0.15) is 0 Å². The molecule has 0 saturated carbocycles. The van der Waals surface area contributed by atoms with Crippen molar-refractivity contribution in [2.75, 3.05) is 0 Å². The van der Waals surface area contributed by atoms with Gasteiger partial charge in [-0.15, -0.1) is 0 Å². The van der Waals surface area contributed by atoms with E-state index in [-0.39, 0.29) is 0 Å². The van der Waals surface area contributed by atoms with E-state index < -0.39 is 0 Å². The number of aryl methyl sites for hydroxylation is 1. The molecule has 0 aliphatic heterocycles. The number of aromatic nitrogens is 2. The summed E-state index contributed by atoms with van der Waals surface area (Å²) in [5.74, 6) is 0. The predicted molar refractivity (Wildman–Crippen MR) is 91.2 cm³/mol. The fourth-order valence-corrected chi connectivity index (χ4v) is 2.75. The Hall–Kier alpha value is -2.87. The molecular formula is C20H16N2. The molecule has 0 aliphatic rings. The Morgan fingerprint density at radius 2 is 1.59 bits per heavy atom. The van der Waals surface area contributed by atoms with Gasteiger partial charge in [0.1, 0.15) is 6.33 Å². The standard InChI is InChI=1S/C20H16N2/c1-15-9-11-16(12-10-15)17-5-4-6-18(13-17)22-14-21-19-7-2-3-8-20(19)22/h2-14H,1H3. The Bertz CT molecular complexity index is 933. The van der Waals surface area contributed by atoms with E-state index in [1.165, 1.54) is 16.7 Å². The topological polar surface area (TPSA) is 17.8 Å². The highest BCUT2D eigenvalue weighted by atomic mass is 15.0. The average molecular weight is 284 g/mol. The molecule has 4 rings (SSSR count). The van der Waals surface area contributed by atoms with Crippen LogP contribution in [0.3, 0.4) is 0 Å². The van der Waals surface area contributed by atoms with Crippen molar-refractivity contribution >= 4 is 11.0 Å². The number of rotatable bonds is 2. The van der Waals surface area contributed by atoms with Crippen LogP contribution in [0, 0.1) is 6.92 Å². The van der Waals surface area contributed by atoms with Gasteiger partial charge in [0.05, 0.1) is 11.0 Å². The molecular weight excluding hydrogens is 268 g/mol. The Labute approximate surface area is 129 Å². The maximum absolute atomic E-state index is 4.47. The summed E-state index contributed by atoms with van der Waals surface area (Å²) in [5.41, 5.74) is 7.01. The Morgan fingerprint density at radius 3 is 2.45 bits per heavy atom. The van der Waals surface area contributed by atoms with Gasteiger partial charge in [-0.3, -0.25) is 4.57 Å². The van der Waals surface area contributed by atoms with Gasteiger partial charge in [-0.1, -0.05) is 54.1 Å². The molecule has 0 unspecified atom stereocenters. The molecule has 2 heteroatoms. The van der Waals surface area contributed by atoms with Crippen molar-refractivity contribution in [3.8, 4) is 16.8 Å². The summed E-state index contributed by atoms with van der Waals surface area (Å²) in [6, 6.07) is 25.4. The molecule has 0 radical (unpaired) electrons. The largest absolute Gasteiger partial charge is 0.299 e. The zero-order valence-electron chi connectivity index (χ0n) is 12.4. The predicted octanol–water partition coefficient (Wildman–Crippen LogP) is 5.00. The smallest absolute Gasteiger partial charge is 0.100 e. The zero-order valence-corrected chi connectivity index (χ0v) is 12.4. The number of para-hydroxylation sites is 2. The van der Waals surface area contributed by atoms with Crippen molar-refractivity contribution in [2.45, 2.75) is 6.92 Å². The number of fused-ring (bicyclic) bond motifs is 1. The Balaban J connectivity index is 1.83. The van der Waals surface area contributed by atoms with Crippen LogP contribution < -0.4 is 0 Å². The van der Waals surface area contributed by atoms with Crippen LogP contribution in [0.1, 0.15) is 5.56 Å². The van der Waals surface area contributed by atoms with Gasteiger partial charge in [0.15, 0.2) is 0 Å². The molecule has 0 atom stereocenters. The minimum Gasteiger partial charge on any atom is -0.299 e. The van der Waals surface area contributed by atoms with E-state index in [2.05, 4.69) is 71.1 Å². The van der Waals surface area contributed by atoms with Gasteiger partial charge in [0.25, 0.3) is 0 Å². The van der Waals surface area contributed by atoms with Crippen LogP contribution in [0.2, 0.25) is 0 Å². The highest BCUT2D eigenvalue weighted by Gasteiger charge is 2.05. The molecule has 1 aromatic heterocycles. The molecule has 0 spiro atoms. The lowest BCUT2D eigenvalue weighted by molar-refractivity contribution is 1.09. The fraction of sp³-hybridized carbons (Fsp3) is 0.0500. The maximum Gasteiger partial charge on any atom is 0.100 e. The summed E-state index contributed by atoms with van der Waals surface area (Å²) in [5, 5.41) is 0. The van der Waals surface area contributed by atoms with E-state index in [0.717, 1.165) is 16.7 Å². The average Bonchev–Trinajstić information content (AvgIpc) is 3.00. The lowest BCUT2D eigenvalue weighted by Gasteiger charge is -2.08. The quantitative estimate of drug-likeness (QED) is 0.506. The first-order valence-electron chi connectivity index (χ1n) is 7.41. The molecule has 0 aliphatic carbocycles. The van der Waals surface area contributed by atoms with Crippen molar-refractivity contribution in [1.82, 2.24) is 9.55 Å². The van der Waals surface area contributed by atoms with Gasteiger partial charge in [0, 0.05) is 5.69 Å². The van der Waals surface area contributed by atoms with Crippen molar-refractivity contribution in [1.29, 1.82) is 0 Å². The second kappa shape index (κ2) is 5.15. The van der Waals surface area contributed by atoms with Crippen LogP contribution in [0.25, 0.3) is 27.8 Å².